The molecule has 0 saturated carbocycles. The Morgan fingerprint density at radius 3 is 1.20 bits per heavy atom. The van der Waals surface area contributed by atoms with Crippen molar-refractivity contribution in [3.05, 3.63) is 84.9 Å². The van der Waals surface area contributed by atoms with E-state index in [-0.39, 0.29) is 0 Å². The van der Waals surface area contributed by atoms with Gasteiger partial charge in [-0.05, 0) is 84.9 Å². The summed E-state index contributed by atoms with van der Waals surface area (Å²) in [6.45, 7) is 0. The molecule has 0 aromatic heterocycles. The molecule has 0 fully saturated rings. The summed E-state index contributed by atoms with van der Waals surface area (Å²) in [5.41, 5.74) is 13.2. The van der Waals surface area contributed by atoms with Gasteiger partial charge in [0.15, 0.2) is 0 Å². The Labute approximate surface area is 193 Å². The maximum atomic E-state index is 5.79. The molecule has 0 aliphatic carbocycles. The van der Waals surface area contributed by atoms with E-state index >= 15 is 0 Å². The van der Waals surface area contributed by atoms with Gasteiger partial charge in [-0.1, -0.05) is 47.0 Å². The topological polar surface area (TPSA) is 52.0 Å². The van der Waals surface area contributed by atoms with Gasteiger partial charge in [0.1, 0.15) is 0 Å². The average Bonchev–Trinajstić information content (AvgIpc) is 2.75. The van der Waals surface area contributed by atoms with Crippen LogP contribution in [0.2, 0.25) is 0 Å². The van der Waals surface area contributed by atoms with Crippen LogP contribution in [0.4, 0.5) is 11.4 Å². The summed E-state index contributed by atoms with van der Waals surface area (Å²) in [5, 5.41) is 0. The van der Waals surface area contributed by atoms with Crippen molar-refractivity contribution in [3.63, 3.8) is 0 Å². The number of rotatable bonds is 4. The van der Waals surface area contributed by atoms with E-state index in [4.69, 9.17) is 11.5 Å². The van der Waals surface area contributed by atoms with Crippen LogP contribution in [0.1, 0.15) is 0 Å². The van der Waals surface area contributed by atoms with Crippen molar-refractivity contribution in [2.75, 3.05) is 11.5 Å². The van der Waals surface area contributed by atoms with Crippen LogP contribution < -0.4 is 11.5 Å². The number of fused-ring (bicyclic) bond motifs is 2. The van der Waals surface area contributed by atoms with Crippen LogP contribution in [0.25, 0.3) is 0 Å². The van der Waals surface area contributed by atoms with E-state index < -0.39 is 0 Å². The van der Waals surface area contributed by atoms with Crippen LogP contribution in [0.5, 0.6) is 0 Å². The summed E-state index contributed by atoms with van der Waals surface area (Å²) in [5.74, 6) is 0. The Morgan fingerprint density at radius 2 is 0.800 bits per heavy atom. The molecule has 0 unspecified atom stereocenters. The fourth-order valence-corrected chi connectivity index (χ4v) is 7.15. The van der Waals surface area contributed by atoms with Crippen LogP contribution in [0.15, 0.2) is 124 Å². The van der Waals surface area contributed by atoms with Gasteiger partial charge in [-0.3, -0.25) is 0 Å². The van der Waals surface area contributed by atoms with Crippen LogP contribution in [-0.2, 0) is 0 Å². The molecule has 148 valence electrons. The molecule has 4 aromatic rings. The van der Waals surface area contributed by atoms with Crippen molar-refractivity contribution in [1.29, 1.82) is 0 Å². The first-order chi connectivity index (χ1) is 14.6. The smallest absolute Gasteiger partial charge is 0.0314 e. The third kappa shape index (κ3) is 4.47. The number of nitrogens with two attached hydrogens (primary N) is 2. The Kier molecular flexibility index (Phi) is 5.65. The first kappa shape index (κ1) is 19.8. The molecular formula is C24H18N2S4. The van der Waals surface area contributed by atoms with Gasteiger partial charge in [0, 0.05) is 50.5 Å². The van der Waals surface area contributed by atoms with Crippen LogP contribution in [-0.4, -0.2) is 0 Å². The molecule has 2 nitrogen and oxygen atoms in total. The molecule has 0 radical (unpaired) electrons. The largest absolute Gasteiger partial charge is 0.399 e. The van der Waals surface area contributed by atoms with Crippen molar-refractivity contribution in [2.24, 2.45) is 0 Å². The minimum absolute atomic E-state index is 0.794. The normalized spacial score (nSPS) is 12.3. The molecule has 4 N–H and O–H groups in total. The molecule has 0 saturated heterocycles. The van der Waals surface area contributed by atoms with Gasteiger partial charge in [-0.15, -0.1) is 0 Å². The van der Waals surface area contributed by atoms with Gasteiger partial charge in [-0.2, -0.15) is 0 Å². The summed E-state index contributed by atoms with van der Waals surface area (Å²) in [6, 6.07) is 29.5. The fourth-order valence-electron chi connectivity index (χ4n) is 3.01. The molecule has 30 heavy (non-hydrogen) atoms. The van der Waals surface area contributed by atoms with E-state index in [9.17, 15) is 0 Å². The van der Waals surface area contributed by atoms with Crippen molar-refractivity contribution < 1.29 is 0 Å². The lowest BCUT2D eigenvalue weighted by atomic mass is 10.3. The minimum atomic E-state index is 0.794. The molecule has 4 aromatic carbocycles. The predicted octanol–water partition coefficient (Wildman–Crippen LogP) is 7.77. The van der Waals surface area contributed by atoms with Gasteiger partial charge in [0.25, 0.3) is 0 Å². The summed E-state index contributed by atoms with van der Waals surface area (Å²) in [6.07, 6.45) is 0. The van der Waals surface area contributed by atoms with Gasteiger partial charge in [0.2, 0.25) is 0 Å². The third-order valence-electron chi connectivity index (χ3n) is 4.50. The second-order valence-corrected chi connectivity index (χ2v) is 11.2. The van der Waals surface area contributed by atoms with Crippen molar-refractivity contribution in [3.8, 4) is 0 Å². The number of nitrogen functional groups attached to an aromatic ring is 2. The molecule has 5 rings (SSSR count). The molecule has 1 heterocycles. The molecule has 0 amide bonds. The Hall–Kier alpha value is -2.12. The van der Waals surface area contributed by atoms with E-state index in [2.05, 4.69) is 60.7 Å². The van der Waals surface area contributed by atoms with Crippen LogP contribution >= 0.6 is 47.0 Å². The first-order valence-electron chi connectivity index (χ1n) is 9.33. The lowest BCUT2D eigenvalue weighted by Gasteiger charge is -2.19. The Morgan fingerprint density at radius 1 is 0.433 bits per heavy atom. The highest BCUT2D eigenvalue weighted by atomic mass is 32.2. The molecule has 1 aliphatic heterocycles. The Balaban J connectivity index is 1.34. The van der Waals surface area contributed by atoms with E-state index in [0.29, 0.717) is 0 Å². The van der Waals surface area contributed by atoms with Crippen molar-refractivity contribution >= 4 is 58.4 Å². The average molecular weight is 463 g/mol. The lowest BCUT2D eigenvalue weighted by Crippen LogP contribution is -1.90. The maximum absolute atomic E-state index is 5.79. The van der Waals surface area contributed by atoms with Gasteiger partial charge >= 0.3 is 0 Å². The number of hydrogen-bond acceptors (Lipinski definition) is 6. The van der Waals surface area contributed by atoms with Crippen molar-refractivity contribution in [2.45, 2.75) is 39.2 Å². The molecule has 0 atom stereocenters. The second kappa shape index (κ2) is 8.55. The standard InChI is InChI=1S/C24H18N2S4/c25-15-1-5-17(6-2-15)27-19-9-11-21-23(13-19)29-22-12-10-20(14-24(22)30-21)28-18-7-3-16(26)4-8-18/h1-14H,25-26H2. The fraction of sp³-hybridized carbons (Fsp3) is 0. The van der Waals surface area contributed by atoms with Crippen LogP contribution in [0, 0.1) is 0 Å². The monoisotopic (exact) mass is 462 g/mol. The summed E-state index contributed by atoms with van der Waals surface area (Å²) in [7, 11) is 0. The third-order valence-corrected chi connectivity index (χ3v) is 9.02. The number of anilines is 2. The molecule has 1 aliphatic rings. The quantitative estimate of drug-likeness (QED) is 0.266. The molecule has 0 bridgehead atoms. The lowest BCUT2D eigenvalue weighted by molar-refractivity contribution is 1.11. The number of hydrogen-bond donors (Lipinski definition) is 2. The predicted molar refractivity (Wildman–Crippen MR) is 131 cm³/mol. The van der Waals surface area contributed by atoms with Crippen LogP contribution in [0.3, 0.4) is 0 Å². The first-order valence-corrected chi connectivity index (χ1v) is 12.6. The van der Waals surface area contributed by atoms with E-state index in [0.717, 1.165) is 11.4 Å². The van der Waals surface area contributed by atoms with Gasteiger partial charge in [0.05, 0.1) is 0 Å². The van der Waals surface area contributed by atoms with E-state index in [1.165, 1.54) is 39.2 Å². The highest BCUT2D eigenvalue weighted by molar-refractivity contribution is 8.05. The zero-order valence-electron chi connectivity index (χ0n) is 15.9. The Bertz CT molecular complexity index is 1110. The zero-order chi connectivity index (χ0) is 20.5. The zero-order valence-corrected chi connectivity index (χ0v) is 19.1. The summed E-state index contributed by atoms with van der Waals surface area (Å²) in [4.78, 5) is 10.1. The SMILES string of the molecule is Nc1ccc(Sc2ccc3c(c2)Sc2ccc(Sc4ccc(N)cc4)cc2S3)cc1. The maximum Gasteiger partial charge on any atom is 0.0314 e. The van der Waals surface area contributed by atoms with E-state index in [1.807, 2.05) is 47.8 Å². The second-order valence-electron chi connectivity index (χ2n) is 6.76. The summed E-state index contributed by atoms with van der Waals surface area (Å²) >= 11 is 7.22. The highest BCUT2D eigenvalue weighted by Gasteiger charge is 2.18. The molecule has 0 spiro atoms. The van der Waals surface area contributed by atoms with Gasteiger partial charge in [-0.25, -0.2) is 0 Å². The summed E-state index contributed by atoms with van der Waals surface area (Å²) < 4.78 is 0. The van der Waals surface area contributed by atoms with E-state index in [1.54, 1.807) is 23.5 Å². The molecule has 6 heteroatoms. The number of benzene rings is 4. The van der Waals surface area contributed by atoms with Crippen molar-refractivity contribution in [1.82, 2.24) is 0 Å². The minimum Gasteiger partial charge on any atom is -0.399 e. The molecular weight excluding hydrogens is 445 g/mol. The highest BCUT2D eigenvalue weighted by Crippen LogP contribution is 2.50. The van der Waals surface area contributed by atoms with Gasteiger partial charge < -0.3 is 11.5 Å².